The summed E-state index contributed by atoms with van der Waals surface area (Å²) in [5.74, 6) is 0.663. The van der Waals surface area contributed by atoms with Gasteiger partial charge in [-0.2, -0.15) is 0 Å². The van der Waals surface area contributed by atoms with E-state index in [4.69, 9.17) is 4.74 Å². The molecule has 0 N–H and O–H groups in total. The molecule has 0 amide bonds. The number of hydrogen-bond acceptors (Lipinski definition) is 2. The molecule has 0 saturated carbocycles. The third kappa shape index (κ3) is 1.47. The van der Waals surface area contributed by atoms with Gasteiger partial charge in [-0.25, -0.2) is 4.98 Å². The maximum absolute atomic E-state index is 4.93. The number of hydrogen-bond donors (Lipinski definition) is 0. The second-order valence-corrected chi connectivity index (χ2v) is 1.93. The van der Waals surface area contributed by atoms with Crippen LogP contribution in [0.25, 0.3) is 0 Å². The van der Waals surface area contributed by atoms with Gasteiger partial charge in [0.25, 0.3) is 0 Å². The van der Waals surface area contributed by atoms with Crippen molar-refractivity contribution in [3.8, 4) is 5.88 Å². The average molecular weight is 136 g/mol. The molecular formula is C8H10NO. The van der Waals surface area contributed by atoms with Crippen molar-refractivity contribution < 1.29 is 4.74 Å². The molecule has 1 heterocycles. The number of aryl methyl sites for hydroxylation is 1. The Kier molecular flexibility index (Phi) is 2.26. The first-order valence-electron chi connectivity index (χ1n) is 3.28. The van der Waals surface area contributed by atoms with Crippen LogP contribution in [0.2, 0.25) is 0 Å². The van der Waals surface area contributed by atoms with Crippen LogP contribution >= 0.6 is 0 Å². The van der Waals surface area contributed by atoms with Gasteiger partial charge >= 0.3 is 0 Å². The molecule has 0 aromatic carbocycles. The van der Waals surface area contributed by atoms with Gasteiger partial charge in [-0.05, 0) is 12.5 Å². The summed E-state index contributed by atoms with van der Waals surface area (Å²) in [4.78, 5) is 4.13. The van der Waals surface area contributed by atoms with Crippen LogP contribution in [0.5, 0.6) is 5.88 Å². The highest BCUT2D eigenvalue weighted by Gasteiger charge is 1.92. The molecule has 2 heteroatoms. The normalized spacial score (nSPS) is 9.40. The quantitative estimate of drug-likeness (QED) is 0.614. The van der Waals surface area contributed by atoms with Gasteiger partial charge < -0.3 is 4.74 Å². The van der Waals surface area contributed by atoms with Gasteiger partial charge in [-0.3, -0.25) is 0 Å². The number of pyridine rings is 1. The van der Waals surface area contributed by atoms with Crippen molar-refractivity contribution in [1.29, 1.82) is 0 Å². The van der Waals surface area contributed by atoms with E-state index in [1.807, 2.05) is 13.0 Å². The van der Waals surface area contributed by atoms with Crippen LogP contribution in [0, 0.1) is 6.07 Å². The summed E-state index contributed by atoms with van der Waals surface area (Å²) in [6, 6.07) is 6.62. The molecule has 0 fully saturated rings. The highest BCUT2D eigenvalue weighted by atomic mass is 16.5. The molecule has 10 heavy (non-hydrogen) atoms. The van der Waals surface area contributed by atoms with Crippen LogP contribution in [-0.4, -0.2) is 12.1 Å². The predicted octanol–water partition coefficient (Wildman–Crippen LogP) is 1.45. The second kappa shape index (κ2) is 3.20. The van der Waals surface area contributed by atoms with Crippen molar-refractivity contribution in [1.82, 2.24) is 4.98 Å². The van der Waals surface area contributed by atoms with E-state index in [0.29, 0.717) is 5.88 Å². The van der Waals surface area contributed by atoms with Crippen LogP contribution in [-0.2, 0) is 6.42 Å². The lowest BCUT2D eigenvalue weighted by molar-refractivity contribution is 0.396. The smallest absolute Gasteiger partial charge is 0.213 e. The largest absolute Gasteiger partial charge is 0.481 e. The van der Waals surface area contributed by atoms with Crippen LogP contribution in [0.4, 0.5) is 0 Å². The summed E-state index contributed by atoms with van der Waals surface area (Å²) in [5.41, 5.74) is 0.944. The van der Waals surface area contributed by atoms with E-state index in [1.54, 1.807) is 13.2 Å². The van der Waals surface area contributed by atoms with Crippen molar-refractivity contribution in [3.63, 3.8) is 0 Å². The van der Waals surface area contributed by atoms with Gasteiger partial charge in [-0.1, -0.05) is 6.92 Å². The van der Waals surface area contributed by atoms with E-state index in [1.165, 1.54) is 0 Å². The summed E-state index contributed by atoms with van der Waals surface area (Å²) in [5, 5.41) is 0. The van der Waals surface area contributed by atoms with E-state index in [2.05, 4.69) is 11.1 Å². The molecule has 0 bridgehead atoms. The Labute approximate surface area is 60.9 Å². The van der Waals surface area contributed by atoms with E-state index in [0.717, 1.165) is 12.1 Å². The van der Waals surface area contributed by atoms with Gasteiger partial charge in [0.2, 0.25) is 5.88 Å². The first kappa shape index (κ1) is 7.06. The Hall–Kier alpha value is -1.05. The lowest BCUT2D eigenvalue weighted by Crippen LogP contribution is -1.91. The molecule has 0 aliphatic heterocycles. The van der Waals surface area contributed by atoms with E-state index in [-0.39, 0.29) is 0 Å². The number of rotatable bonds is 2. The fourth-order valence-electron chi connectivity index (χ4n) is 0.707. The summed E-state index contributed by atoms with van der Waals surface area (Å²) >= 11 is 0. The fraction of sp³-hybridized carbons (Fsp3) is 0.375. The Morgan fingerprint density at radius 3 is 3.10 bits per heavy atom. The summed E-state index contributed by atoms with van der Waals surface area (Å²) in [7, 11) is 1.61. The van der Waals surface area contributed by atoms with Crippen molar-refractivity contribution in [2.45, 2.75) is 13.3 Å². The molecule has 0 unspecified atom stereocenters. The third-order valence-electron chi connectivity index (χ3n) is 1.27. The topological polar surface area (TPSA) is 22.1 Å². The predicted molar refractivity (Wildman–Crippen MR) is 39.0 cm³/mol. The van der Waals surface area contributed by atoms with Crippen molar-refractivity contribution in [2.75, 3.05) is 7.11 Å². The van der Waals surface area contributed by atoms with E-state index < -0.39 is 0 Å². The van der Waals surface area contributed by atoms with Crippen LogP contribution < -0.4 is 4.74 Å². The first-order chi connectivity index (χ1) is 4.86. The lowest BCUT2D eigenvalue weighted by Gasteiger charge is -1.98. The Morgan fingerprint density at radius 1 is 1.70 bits per heavy atom. The minimum Gasteiger partial charge on any atom is -0.481 e. The molecule has 1 aromatic heterocycles. The van der Waals surface area contributed by atoms with Crippen LogP contribution in [0.3, 0.4) is 0 Å². The average Bonchev–Trinajstić information content (AvgIpc) is 2.05. The van der Waals surface area contributed by atoms with E-state index >= 15 is 0 Å². The van der Waals surface area contributed by atoms with Gasteiger partial charge in [-0.15, -0.1) is 0 Å². The van der Waals surface area contributed by atoms with Crippen molar-refractivity contribution in [2.24, 2.45) is 0 Å². The Bertz CT molecular complexity index is 191. The molecule has 1 aromatic rings. The maximum Gasteiger partial charge on any atom is 0.213 e. The minimum atomic E-state index is 0.663. The zero-order valence-corrected chi connectivity index (χ0v) is 6.22. The molecular weight excluding hydrogens is 126 g/mol. The highest BCUT2D eigenvalue weighted by Crippen LogP contribution is 2.05. The minimum absolute atomic E-state index is 0.663. The second-order valence-electron chi connectivity index (χ2n) is 1.93. The molecule has 1 radical (unpaired) electrons. The van der Waals surface area contributed by atoms with E-state index in [9.17, 15) is 0 Å². The molecule has 0 spiro atoms. The number of ether oxygens (including phenoxy) is 1. The number of aromatic nitrogens is 1. The zero-order chi connectivity index (χ0) is 7.40. The first-order valence-corrected chi connectivity index (χ1v) is 3.28. The van der Waals surface area contributed by atoms with Gasteiger partial charge in [0, 0.05) is 12.1 Å². The standard InChI is InChI=1S/C8H10NO/c1-3-7-5-4-6-8(9-7)10-2/h4,6H,3H2,1-2H3. The zero-order valence-electron chi connectivity index (χ0n) is 6.22. The summed E-state index contributed by atoms with van der Waals surface area (Å²) < 4.78 is 4.93. The Balaban J connectivity index is 2.87. The summed E-state index contributed by atoms with van der Waals surface area (Å²) in [6.45, 7) is 2.04. The molecule has 2 nitrogen and oxygen atoms in total. The third-order valence-corrected chi connectivity index (χ3v) is 1.27. The fourth-order valence-corrected chi connectivity index (χ4v) is 0.707. The highest BCUT2D eigenvalue weighted by molar-refractivity contribution is 5.14. The van der Waals surface area contributed by atoms with Crippen molar-refractivity contribution >= 4 is 0 Å². The molecule has 0 aliphatic rings. The molecule has 0 atom stereocenters. The SMILES string of the molecule is CCc1[c]ccc(OC)n1. The Morgan fingerprint density at radius 2 is 2.50 bits per heavy atom. The maximum atomic E-state index is 4.93. The van der Waals surface area contributed by atoms with Crippen LogP contribution in [0.1, 0.15) is 12.6 Å². The molecule has 1 rings (SSSR count). The molecule has 53 valence electrons. The molecule has 0 aliphatic carbocycles. The van der Waals surface area contributed by atoms with Gasteiger partial charge in [0.05, 0.1) is 12.8 Å². The molecule has 0 saturated heterocycles. The van der Waals surface area contributed by atoms with Gasteiger partial charge in [0.1, 0.15) is 0 Å². The van der Waals surface area contributed by atoms with Crippen LogP contribution in [0.15, 0.2) is 12.1 Å². The summed E-state index contributed by atoms with van der Waals surface area (Å²) in [6.07, 6.45) is 0.900. The number of methoxy groups -OCH3 is 1. The lowest BCUT2D eigenvalue weighted by atomic mass is 10.3. The monoisotopic (exact) mass is 136 g/mol. The van der Waals surface area contributed by atoms with Crippen molar-refractivity contribution in [3.05, 3.63) is 23.9 Å². The number of nitrogens with zero attached hydrogens (tertiary/aromatic N) is 1. The van der Waals surface area contributed by atoms with Gasteiger partial charge in [0.15, 0.2) is 0 Å².